The van der Waals surface area contributed by atoms with Crippen molar-refractivity contribution in [1.29, 1.82) is 0 Å². The highest BCUT2D eigenvalue weighted by molar-refractivity contribution is 5.97. The van der Waals surface area contributed by atoms with Crippen molar-refractivity contribution in [2.45, 2.75) is 44.2 Å². The molecule has 0 aromatic heterocycles. The highest BCUT2D eigenvalue weighted by atomic mass is 16.5. The number of fused-ring (bicyclic) bond motifs is 3. The number of nitrogens with zero attached hydrogens (tertiary/aromatic N) is 1. The molecule has 2 aliphatic rings. The van der Waals surface area contributed by atoms with E-state index in [1.54, 1.807) is 7.11 Å². The van der Waals surface area contributed by atoms with E-state index in [0.717, 1.165) is 24.2 Å². The summed E-state index contributed by atoms with van der Waals surface area (Å²) in [7, 11) is 1.69. The van der Waals surface area contributed by atoms with Gasteiger partial charge in [-0.15, -0.1) is 0 Å². The molecule has 1 aliphatic carbocycles. The normalized spacial score (nSPS) is 22.7. The molecule has 1 heterocycles. The number of rotatable bonds is 3. The molecule has 0 radical (unpaired) electrons. The molecule has 3 heteroatoms. The Hall–Kier alpha value is -2.29. The van der Waals surface area contributed by atoms with Crippen LogP contribution in [0, 0.1) is 0 Å². The summed E-state index contributed by atoms with van der Waals surface area (Å²) in [4.78, 5) is 15.3. The van der Waals surface area contributed by atoms with Crippen LogP contribution in [-0.2, 0) is 6.54 Å². The van der Waals surface area contributed by atoms with E-state index >= 15 is 0 Å². The van der Waals surface area contributed by atoms with Crippen molar-refractivity contribution in [3.05, 3.63) is 65.2 Å². The molecule has 3 nitrogen and oxygen atoms in total. The number of ether oxygens (including phenoxy) is 1. The van der Waals surface area contributed by atoms with Crippen LogP contribution in [0.15, 0.2) is 48.5 Å². The zero-order valence-electron chi connectivity index (χ0n) is 14.1. The molecule has 24 heavy (non-hydrogen) atoms. The summed E-state index contributed by atoms with van der Waals surface area (Å²) in [5.41, 5.74) is 3.25. The average molecular weight is 321 g/mol. The van der Waals surface area contributed by atoms with Crippen LogP contribution in [0.1, 0.15) is 53.1 Å². The predicted octanol–water partition coefficient (Wildman–Crippen LogP) is 4.38. The molecule has 0 saturated heterocycles. The summed E-state index contributed by atoms with van der Waals surface area (Å²) in [5, 5.41) is 0. The largest absolute Gasteiger partial charge is 0.497 e. The summed E-state index contributed by atoms with van der Waals surface area (Å²) in [6.45, 7) is 0.701. The van der Waals surface area contributed by atoms with E-state index in [0.29, 0.717) is 18.5 Å². The Kier molecular flexibility index (Phi) is 4.01. The summed E-state index contributed by atoms with van der Waals surface area (Å²) in [6, 6.07) is 16.6. The van der Waals surface area contributed by atoms with Crippen molar-refractivity contribution in [2.24, 2.45) is 0 Å². The van der Waals surface area contributed by atoms with E-state index in [-0.39, 0.29) is 5.91 Å². The number of hydrogen-bond acceptors (Lipinski definition) is 2. The smallest absolute Gasteiger partial charge is 0.254 e. The number of amides is 1. The summed E-state index contributed by atoms with van der Waals surface area (Å²) in [5.74, 6) is 1.45. The van der Waals surface area contributed by atoms with Gasteiger partial charge in [0.15, 0.2) is 0 Å². The quantitative estimate of drug-likeness (QED) is 0.840. The minimum absolute atomic E-state index is 0.166. The van der Waals surface area contributed by atoms with E-state index < -0.39 is 0 Å². The Bertz CT molecular complexity index is 741. The number of hydrogen-bond donors (Lipinski definition) is 0. The fourth-order valence-electron chi connectivity index (χ4n) is 4.29. The molecule has 1 saturated carbocycles. The number of methoxy groups -OCH3 is 1. The SMILES string of the molecule is COc1ccc2c(c1)[C@@H]1CCCC[C@@H]1N(Cc1ccccc1)C2=O. The Morgan fingerprint density at radius 3 is 2.67 bits per heavy atom. The van der Waals surface area contributed by atoms with E-state index in [4.69, 9.17) is 4.74 Å². The molecule has 4 rings (SSSR count). The molecule has 0 unspecified atom stereocenters. The van der Waals surface area contributed by atoms with Crippen LogP contribution >= 0.6 is 0 Å². The van der Waals surface area contributed by atoms with E-state index in [1.807, 2.05) is 30.3 Å². The first-order valence-electron chi connectivity index (χ1n) is 8.81. The van der Waals surface area contributed by atoms with Gasteiger partial charge in [-0.2, -0.15) is 0 Å². The fraction of sp³-hybridized carbons (Fsp3) is 0.381. The highest BCUT2D eigenvalue weighted by Gasteiger charge is 2.40. The first-order valence-corrected chi connectivity index (χ1v) is 8.81. The number of carbonyl (C=O) groups is 1. The van der Waals surface area contributed by atoms with Crippen LogP contribution in [0.3, 0.4) is 0 Å². The van der Waals surface area contributed by atoms with Gasteiger partial charge in [0.25, 0.3) is 5.91 Å². The molecule has 1 fully saturated rings. The minimum Gasteiger partial charge on any atom is -0.497 e. The maximum Gasteiger partial charge on any atom is 0.254 e. The second-order valence-electron chi connectivity index (χ2n) is 6.83. The van der Waals surface area contributed by atoms with Gasteiger partial charge in [-0.25, -0.2) is 0 Å². The van der Waals surface area contributed by atoms with Gasteiger partial charge in [-0.3, -0.25) is 4.79 Å². The lowest BCUT2D eigenvalue weighted by molar-refractivity contribution is 0.0533. The van der Waals surface area contributed by atoms with Crippen LogP contribution in [0.4, 0.5) is 0 Å². The molecule has 2 aromatic rings. The minimum atomic E-state index is 0.166. The van der Waals surface area contributed by atoms with E-state index in [9.17, 15) is 4.79 Å². The third-order valence-corrected chi connectivity index (χ3v) is 5.48. The predicted molar refractivity (Wildman–Crippen MR) is 94.3 cm³/mol. The molecule has 0 spiro atoms. The van der Waals surface area contributed by atoms with Crippen molar-refractivity contribution in [2.75, 3.05) is 7.11 Å². The first kappa shape index (κ1) is 15.3. The monoisotopic (exact) mass is 321 g/mol. The number of benzene rings is 2. The molecule has 1 amide bonds. The Morgan fingerprint density at radius 2 is 1.88 bits per heavy atom. The summed E-state index contributed by atoms with van der Waals surface area (Å²) < 4.78 is 5.39. The Balaban J connectivity index is 1.74. The first-order chi connectivity index (χ1) is 11.8. The lowest BCUT2D eigenvalue weighted by Gasteiger charge is -2.45. The van der Waals surface area contributed by atoms with Crippen molar-refractivity contribution >= 4 is 5.91 Å². The molecular formula is C21H23NO2. The maximum absolute atomic E-state index is 13.2. The Morgan fingerprint density at radius 1 is 1.08 bits per heavy atom. The molecular weight excluding hydrogens is 298 g/mol. The third kappa shape index (κ3) is 2.58. The van der Waals surface area contributed by atoms with E-state index in [1.165, 1.54) is 24.0 Å². The van der Waals surface area contributed by atoms with Crippen molar-refractivity contribution in [1.82, 2.24) is 4.90 Å². The van der Waals surface area contributed by atoms with Crippen LogP contribution in [0.25, 0.3) is 0 Å². The second-order valence-corrected chi connectivity index (χ2v) is 6.83. The van der Waals surface area contributed by atoms with Gasteiger partial charge < -0.3 is 9.64 Å². The van der Waals surface area contributed by atoms with Gasteiger partial charge in [-0.05, 0) is 42.2 Å². The van der Waals surface area contributed by atoms with Gasteiger partial charge in [0.05, 0.1) is 7.11 Å². The van der Waals surface area contributed by atoms with Crippen molar-refractivity contribution < 1.29 is 9.53 Å². The lowest BCUT2D eigenvalue weighted by atomic mass is 9.74. The lowest BCUT2D eigenvalue weighted by Crippen LogP contribution is -2.48. The van der Waals surface area contributed by atoms with Crippen LogP contribution < -0.4 is 4.74 Å². The maximum atomic E-state index is 13.2. The zero-order chi connectivity index (χ0) is 16.5. The average Bonchev–Trinajstić information content (AvgIpc) is 2.65. The zero-order valence-corrected chi connectivity index (χ0v) is 14.1. The third-order valence-electron chi connectivity index (χ3n) is 5.48. The topological polar surface area (TPSA) is 29.5 Å². The number of carbonyl (C=O) groups excluding carboxylic acids is 1. The van der Waals surface area contributed by atoms with Crippen molar-refractivity contribution in [3.8, 4) is 5.75 Å². The molecule has 1 aliphatic heterocycles. The molecule has 124 valence electrons. The fourth-order valence-corrected chi connectivity index (χ4v) is 4.29. The van der Waals surface area contributed by atoms with Gasteiger partial charge in [0, 0.05) is 24.1 Å². The summed E-state index contributed by atoms with van der Waals surface area (Å²) >= 11 is 0. The van der Waals surface area contributed by atoms with Gasteiger partial charge in [-0.1, -0.05) is 43.2 Å². The van der Waals surface area contributed by atoms with Crippen LogP contribution in [0.2, 0.25) is 0 Å². The molecule has 0 N–H and O–H groups in total. The molecule has 2 atom stereocenters. The second kappa shape index (κ2) is 6.31. The van der Waals surface area contributed by atoms with Gasteiger partial charge in [0.1, 0.15) is 5.75 Å². The standard InChI is InChI=1S/C21H23NO2/c1-24-16-11-12-18-19(13-16)17-9-5-6-10-20(17)22(21(18)23)14-15-7-3-2-4-8-15/h2-4,7-8,11-13,17,20H,5-6,9-10,14H2,1H3/t17-,20-/m0/s1. The Labute approximate surface area is 143 Å². The van der Waals surface area contributed by atoms with Gasteiger partial charge in [0.2, 0.25) is 0 Å². The molecule has 2 aromatic carbocycles. The van der Waals surface area contributed by atoms with Crippen LogP contribution in [-0.4, -0.2) is 24.0 Å². The van der Waals surface area contributed by atoms with Gasteiger partial charge >= 0.3 is 0 Å². The van der Waals surface area contributed by atoms with E-state index in [2.05, 4.69) is 23.1 Å². The molecule has 0 bridgehead atoms. The summed E-state index contributed by atoms with van der Waals surface area (Å²) in [6.07, 6.45) is 4.70. The van der Waals surface area contributed by atoms with Crippen LogP contribution in [0.5, 0.6) is 5.75 Å². The highest BCUT2D eigenvalue weighted by Crippen LogP contribution is 2.43. The van der Waals surface area contributed by atoms with Crippen molar-refractivity contribution in [3.63, 3.8) is 0 Å².